The van der Waals surface area contributed by atoms with Gasteiger partial charge in [0, 0.05) is 6.10 Å². The molecule has 0 unspecified atom stereocenters. The summed E-state index contributed by atoms with van der Waals surface area (Å²) in [6.07, 6.45) is 10.9. The van der Waals surface area contributed by atoms with E-state index in [0.717, 1.165) is 0 Å². The third-order valence-electron chi connectivity index (χ3n) is 5.83. The van der Waals surface area contributed by atoms with Crippen molar-refractivity contribution in [3.8, 4) is 0 Å². The van der Waals surface area contributed by atoms with Gasteiger partial charge in [-0.25, -0.2) is 0 Å². The molecule has 0 aromatic carbocycles. The first-order valence-electron chi connectivity index (χ1n) is 11.3. The van der Waals surface area contributed by atoms with Gasteiger partial charge in [-0.05, 0) is 125 Å². The van der Waals surface area contributed by atoms with Gasteiger partial charge in [-0.15, -0.1) is 0 Å². The quantitative estimate of drug-likeness (QED) is 0.326. The minimum Gasteiger partial charge on any atom is -0.421 e. The summed E-state index contributed by atoms with van der Waals surface area (Å²) in [6, 6.07) is 1.36. The van der Waals surface area contributed by atoms with Gasteiger partial charge in [-0.2, -0.15) is 0 Å². The van der Waals surface area contributed by atoms with Gasteiger partial charge in [0.25, 0.3) is 0 Å². The van der Waals surface area contributed by atoms with Gasteiger partial charge in [0.1, 0.15) is 0 Å². The van der Waals surface area contributed by atoms with Crippen LogP contribution in [-0.2, 0) is 4.43 Å². The third-order valence-corrected chi connectivity index (χ3v) is 7.81. The molecule has 0 amide bonds. The number of nitrogens with zero attached hydrogens (tertiary/aromatic N) is 3. The van der Waals surface area contributed by atoms with Crippen molar-refractivity contribution < 1.29 is 4.43 Å². The van der Waals surface area contributed by atoms with Crippen molar-refractivity contribution in [1.29, 1.82) is 0 Å². The Morgan fingerprint density at radius 3 is 1.37 bits per heavy atom. The van der Waals surface area contributed by atoms with Crippen LogP contribution in [0.5, 0.6) is 0 Å². The molecular formula is C22H51N3OSi. The van der Waals surface area contributed by atoms with E-state index in [1.165, 1.54) is 77.0 Å². The van der Waals surface area contributed by atoms with Crippen molar-refractivity contribution in [2.24, 2.45) is 5.41 Å². The van der Waals surface area contributed by atoms with Gasteiger partial charge in [-0.1, -0.05) is 13.8 Å². The van der Waals surface area contributed by atoms with E-state index >= 15 is 0 Å². The van der Waals surface area contributed by atoms with Crippen molar-refractivity contribution >= 4 is 9.76 Å². The highest BCUT2D eigenvalue weighted by atomic mass is 28.2. The lowest BCUT2D eigenvalue weighted by Crippen LogP contribution is -2.29. The summed E-state index contributed by atoms with van der Waals surface area (Å²) in [5.41, 5.74) is 0.500. The Morgan fingerprint density at radius 1 is 0.704 bits per heavy atom. The lowest BCUT2D eigenvalue weighted by molar-refractivity contribution is 0.172. The summed E-state index contributed by atoms with van der Waals surface area (Å²) < 4.78 is 6.39. The largest absolute Gasteiger partial charge is 0.421 e. The Hall–Kier alpha value is 0.0569. The zero-order valence-electron chi connectivity index (χ0n) is 20.0. The second kappa shape index (κ2) is 15.9. The van der Waals surface area contributed by atoms with Crippen molar-refractivity contribution in [1.82, 2.24) is 14.7 Å². The van der Waals surface area contributed by atoms with Crippen LogP contribution in [0.25, 0.3) is 0 Å². The lowest BCUT2D eigenvalue weighted by atomic mass is 9.76. The van der Waals surface area contributed by atoms with Gasteiger partial charge >= 0.3 is 0 Å². The molecular weight excluding hydrogens is 350 g/mol. The highest BCUT2D eigenvalue weighted by molar-refractivity contribution is 6.27. The van der Waals surface area contributed by atoms with Crippen LogP contribution in [0.3, 0.4) is 0 Å². The second-order valence-electron chi connectivity index (χ2n) is 9.28. The Labute approximate surface area is 173 Å². The van der Waals surface area contributed by atoms with Gasteiger partial charge < -0.3 is 19.1 Å². The molecule has 0 aliphatic heterocycles. The molecule has 0 rings (SSSR count). The second-order valence-corrected chi connectivity index (χ2v) is 10.5. The van der Waals surface area contributed by atoms with Crippen LogP contribution in [0, 0.1) is 5.41 Å². The summed E-state index contributed by atoms with van der Waals surface area (Å²) >= 11 is 0. The van der Waals surface area contributed by atoms with E-state index in [2.05, 4.69) is 70.8 Å². The standard InChI is InChI=1S/C22H51N3OSi/c1-9-21(10-2)26-27-20-22(14-11-17-23(3)4,15-12-18-24(5)6)16-13-19-25(7)8/h21H,9-20,27H2,1-8H3. The molecule has 0 heterocycles. The van der Waals surface area contributed by atoms with Crippen LogP contribution in [0.1, 0.15) is 65.2 Å². The van der Waals surface area contributed by atoms with Crippen LogP contribution in [0.15, 0.2) is 0 Å². The molecule has 0 N–H and O–H groups in total. The maximum Gasteiger partial charge on any atom is 0.162 e. The van der Waals surface area contributed by atoms with Crippen molar-refractivity contribution in [3.05, 3.63) is 0 Å². The summed E-state index contributed by atoms with van der Waals surface area (Å²) in [6.45, 7) is 8.15. The fourth-order valence-electron chi connectivity index (χ4n) is 4.03. The Morgan fingerprint density at radius 2 is 1.07 bits per heavy atom. The molecule has 0 spiro atoms. The molecule has 0 saturated carbocycles. The maximum atomic E-state index is 6.39. The SMILES string of the molecule is CCC(CC)O[SiH2]CC(CCCN(C)C)(CCCN(C)C)CCCN(C)C. The smallest absolute Gasteiger partial charge is 0.162 e. The van der Waals surface area contributed by atoms with Crippen LogP contribution >= 0.6 is 0 Å². The first kappa shape index (κ1) is 27.1. The first-order valence-corrected chi connectivity index (χ1v) is 12.9. The van der Waals surface area contributed by atoms with E-state index in [-0.39, 0.29) is 0 Å². The van der Waals surface area contributed by atoms with Crippen molar-refractivity contribution in [2.45, 2.75) is 77.4 Å². The summed E-state index contributed by atoms with van der Waals surface area (Å²) in [4.78, 5) is 7.01. The molecule has 0 aromatic heterocycles. The fourth-order valence-corrected chi connectivity index (χ4v) is 6.13. The number of hydrogen-bond acceptors (Lipinski definition) is 4. The summed E-state index contributed by atoms with van der Waals surface area (Å²) in [5.74, 6) is 0. The molecule has 0 aromatic rings. The van der Waals surface area contributed by atoms with Crippen molar-refractivity contribution in [2.75, 3.05) is 61.9 Å². The highest BCUT2D eigenvalue weighted by Gasteiger charge is 2.29. The van der Waals surface area contributed by atoms with Crippen LogP contribution in [0.2, 0.25) is 6.04 Å². The molecule has 5 heteroatoms. The summed E-state index contributed by atoms with van der Waals surface area (Å²) in [7, 11) is 12.7. The van der Waals surface area contributed by atoms with E-state index in [9.17, 15) is 0 Å². The normalized spacial score (nSPS) is 13.3. The van der Waals surface area contributed by atoms with E-state index in [4.69, 9.17) is 4.43 Å². The van der Waals surface area contributed by atoms with Crippen molar-refractivity contribution in [3.63, 3.8) is 0 Å². The Bertz CT molecular complexity index is 297. The molecule has 0 atom stereocenters. The molecule has 0 aliphatic carbocycles. The predicted octanol–water partition coefficient (Wildman–Crippen LogP) is 3.71. The molecule has 0 saturated heterocycles. The number of hydrogen-bond donors (Lipinski definition) is 0. The number of rotatable bonds is 18. The molecule has 27 heavy (non-hydrogen) atoms. The first-order chi connectivity index (χ1) is 12.7. The topological polar surface area (TPSA) is 19.0 Å². The molecule has 4 nitrogen and oxygen atoms in total. The molecule has 164 valence electrons. The summed E-state index contributed by atoms with van der Waals surface area (Å²) in [5, 5.41) is 0. The monoisotopic (exact) mass is 401 g/mol. The minimum atomic E-state index is -0.445. The predicted molar refractivity (Wildman–Crippen MR) is 125 cm³/mol. The Kier molecular flexibility index (Phi) is 16.0. The van der Waals surface area contributed by atoms with Gasteiger partial charge in [0.05, 0.1) is 0 Å². The van der Waals surface area contributed by atoms with E-state index in [0.29, 0.717) is 11.5 Å². The molecule has 0 bridgehead atoms. The highest BCUT2D eigenvalue weighted by Crippen LogP contribution is 2.39. The minimum absolute atomic E-state index is 0.445. The van der Waals surface area contributed by atoms with E-state index in [1.54, 1.807) is 0 Å². The van der Waals surface area contributed by atoms with Crippen LogP contribution in [0.4, 0.5) is 0 Å². The maximum absolute atomic E-state index is 6.39. The zero-order valence-corrected chi connectivity index (χ0v) is 21.4. The third kappa shape index (κ3) is 14.7. The van der Waals surface area contributed by atoms with Crippen LogP contribution in [-0.4, -0.2) is 92.5 Å². The van der Waals surface area contributed by atoms with Gasteiger partial charge in [0.15, 0.2) is 9.76 Å². The van der Waals surface area contributed by atoms with E-state index < -0.39 is 9.76 Å². The molecule has 0 radical (unpaired) electrons. The van der Waals surface area contributed by atoms with Gasteiger partial charge in [-0.3, -0.25) is 0 Å². The zero-order chi connectivity index (χ0) is 20.7. The molecule has 0 fully saturated rings. The lowest BCUT2D eigenvalue weighted by Gasteiger charge is -2.36. The average molecular weight is 402 g/mol. The van der Waals surface area contributed by atoms with Gasteiger partial charge in [0.2, 0.25) is 0 Å². The Balaban J connectivity index is 4.96. The fraction of sp³-hybridized carbons (Fsp3) is 1.00. The van der Waals surface area contributed by atoms with E-state index in [1.807, 2.05) is 0 Å². The van der Waals surface area contributed by atoms with Crippen LogP contribution < -0.4 is 0 Å². The average Bonchev–Trinajstić information content (AvgIpc) is 2.57. The molecule has 0 aliphatic rings.